The van der Waals surface area contributed by atoms with Crippen LogP contribution < -0.4 is 14.9 Å². The Morgan fingerprint density at radius 2 is 1.84 bits per heavy atom. The first-order chi connectivity index (χ1) is 15.5. The third kappa shape index (κ3) is 6.14. The minimum absolute atomic E-state index is 0.0270. The Bertz CT molecular complexity index is 1130. The number of nitrogens with one attached hydrogen (secondary N) is 1. The quantitative estimate of drug-likeness (QED) is 0.251. The highest BCUT2D eigenvalue weighted by atomic mass is 79.9. The highest BCUT2D eigenvalue weighted by molar-refractivity contribution is 9.10. The van der Waals surface area contributed by atoms with Gasteiger partial charge in [-0.05, 0) is 76.4 Å². The van der Waals surface area contributed by atoms with E-state index in [1.807, 2.05) is 13.0 Å². The average molecular weight is 498 g/mol. The van der Waals surface area contributed by atoms with Crippen LogP contribution in [0.1, 0.15) is 28.4 Å². The predicted octanol–water partition coefficient (Wildman–Crippen LogP) is 5.10. The van der Waals surface area contributed by atoms with Crippen LogP contribution in [-0.4, -0.2) is 23.7 Å². The second-order valence-electron chi connectivity index (χ2n) is 6.53. The Labute approximate surface area is 193 Å². The monoisotopic (exact) mass is 497 g/mol. The summed E-state index contributed by atoms with van der Waals surface area (Å²) in [4.78, 5) is 22.5. The van der Waals surface area contributed by atoms with Crippen LogP contribution in [0.15, 0.2) is 76.3 Å². The van der Waals surface area contributed by atoms with Crippen molar-refractivity contribution in [2.24, 2.45) is 5.10 Å². The largest absolute Gasteiger partial charge is 0.490 e. The Balaban J connectivity index is 1.65. The van der Waals surface area contributed by atoms with Gasteiger partial charge < -0.3 is 9.47 Å². The molecule has 0 saturated carbocycles. The standard InChI is InChI=1S/C23H20BrN3O5/c1-2-31-22-13-17(14-25-26-23(28)19-5-3-4-6-20(19)24)9-12-21(22)32-15-16-7-10-18(11-8-16)27(29)30/h3-14H,2,15H2,1H3,(H,26,28)/b25-14+. The first-order valence-electron chi connectivity index (χ1n) is 9.69. The number of nitrogens with zero attached hydrogens (tertiary/aromatic N) is 2. The molecule has 0 bridgehead atoms. The number of nitro groups is 1. The van der Waals surface area contributed by atoms with Crippen molar-refractivity contribution in [2.75, 3.05) is 6.61 Å². The molecule has 8 nitrogen and oxygen atoms in total. The molecule has 0 heterocycles. The molecule has 1 N–H and O–H groups in total. The summed E-state index contributed by atoms with van der Waals surface area (Å²) < 4.78 is 12.2. The Hall–Kier alpha value is -3.72. The van der Waals surface area contributed by atoms with Crippen molar-refractivity contribution >= 4 is 33.7 Å². The maximum absolute atomic E-state index is 12.2. The molecule has 3 rings (SSSR count). The van der Waals surface area contributed by atoms with E-state index in [-0.39, 0.29) is 18.2 Å². The maximum atomic E-state index is 12.2. The predicted molar refractivity (Wildman–Crippen MR) is 124 cm³/mol. The molecular weight excluding hydrogens is 478 g/mol. The number of carbonyl (C=O) groups is 1. The summed E-state index contributed by atoms with van der Waals surface area (Å²) in [6.07, 6.45) is 1.51. The maximum Gasteiger partial charge on any atom is 0.272 e. The molecule has 0 fully saturated rings. The van der Waals surface area contributed by atoms with Crippen molar-refractivity contribution in [1.29, 1.82) is 0 Å². The fourth-order valence-electron chi connectivity index (χ4n) is 2.74. The third-order valence-electron chi connectivity index (χ3n) is 4.31. The Morgan fingerprint density at radius 3 is 2.53 bits per heavy atom. The van der Waals surface area contributed by atoms with Gasteiger partial charge >= 0.3 is 0 Å². The van der Waals surface area contributed by atoms with Gasteiger partial charge in [-0.15, -0.1) is 0 Å². The molecule has 0 unspecified atom stereocenters. The van der Waals surface area contributed by atoms with E-state index in [1.54, 1.807) is 48.5 Å². The lowest BCUT2D eigenvalue weighted by atomic mass is 10.2. The molecule has 0 aliphatic heterocycles. The minimum atomic E-state index is -0.445. The number of nitro benzene ring substituents is 1. The molecule has 32 heavy (non-hydrogen) atoms. The molecule has 1 amide bonds. The second-order valence-corrected chi connectivity index (χ2v) is 7.38. The third-order valence-corrected chi connectivity index (χ3v) is 5.00. The van der Waals surface area contributed by atoms with Gasteiger partial charge in [-0.3, -0.25) is 14.9 Å². The zero-order valence-electron chi connectivity index (χ0n) is 17.2. The molecule has 164 valence electrons. The van der Waals surface area contributed by atoms with Gasteiger partial charge in [0.1, 0.15) is 6.61 Å². The van der Waals surface area contributed by atoms with Gasteiger partial charge in [0.2, 0.25) is 0 Å². The fourth-order valence-corrected chi connectivity index (χ4v) is 3.20. The summed E-state index contributed by atoms with van der Waals surface area (Å²) in [7, 11) is 0. The topological polar surface area (TPSA) is 103 Å². The van der Waals surface area contributed by atoms with Crippen molar-refractivity contribution < 1.29 is 19.2 Å². The van der Waals surface area contributed by atoms with Crippen LogP contribution in [-0.2, 0) is 6.61 Å². The SMILES string of the molecule is CCOc1cc(/C=N/NC(=O)c2ccccc2Br)ccc1OCc1ccc([N+](=O)[O-])cc1. The van der Waals surface area contributed by atoms with E-state index in [2.05, 4.69) is 26.5 Å². The molecule has 9 heteroatoms. The molecule has 0 aliphatic rings. The fraction of sp³-hybridized carbons (Fsp3) is 0.130. The Kier molecular flexibility index (Phi) is 7.93. The number of hydrazone groups is 1. The van der Waals surface area contributed by atoms with Crippen LogP contribution in [0.4, 0.5) is 5.69 Å². The zero-order valence-corrected chi connectivity index (χ0v) is 18.7. The van der Waals surface area contributed by atoms with Crippen LogP contribution >= 0.6 is 15.9 Å². The van der Waals surface area contributed by atoms with Crippen LogP contribution in [0.5, 0.6) is 11.5 Å². The van der Waals surface area contributed by atoms with Gasteiger partial charge in [-0.2, -0.15) is 5.10 Å². The smallest absolute Gasteiger partial charge is 0.272 e. The summed E-state index contributed by atoms with van der Waals surface area (Å²) in [5.41, 5.74) is 4.50. The van der Waals surface area contributed by atoms with E-state index in [1.165, 1.54) is 18.3 Å². The van der Waals surface area contributed by atoms with Crippen molar-refractivity contribution in [3.63, 3.8) is 0 Å². The van der Waals surface area contributed by atoms with E-state index in [0.29, 0.717) is 33.7 Å². The summed E-state index contributed by atoms with van der Waals surface area (Å²) in [6, 6.07) is 18.5. The molecule has 0 saturated heterocycles. The molecule has 0 atom stereocenters. The molecule has 3 aromatic carbocycles. The lowest BCUT2D eigenvalue weighted by Gasteiger charge is -2.12. The van der Waals surface area contributed by atoms with Gasteiger partial charge in [0.05, 0.1) is 23.3 Å². The molecule has 0 aromatic heterocycles. The van der Waals surface area contributed by atoms with Gasteiger partial charge in [-0.1, -0.05) is 12.1 Å². The van der Waals surface area contributed by atoms with Gasteiger partial charge in [0, 0.05) is 16.6 Å². The number of hydrogen-bond acceptors (Lipinski definition) is 6. The molecule has 0 radical (unpaired) electrons. The summed E-state index contributed by atoms with van der Waals surface area (Å²) in [5, 5.41) is 14.8. The number of amides is 1. The molecule has 0 aliphatic carbocycles. The summed E-state index contributed by atoms with van der Waals surface area (Å²) >= 11 is 3.34. The lowest BCUT2D eigenvalue weighted by Crippen LogP contribution is -2.18. The van der Waals surface area contributed by atoms with Crippen LogP contribution in [0.3, 0.4) is 0 Å². The number of ether oxygens (including phenoxy) is 2. The summed E-state index contributed by atoms with van der Waals surface area (Å²) in [6.45, 7) is 2.53. The molecule has 0 spiro atoms. The number of hydrogen-bond donors (Lipinski definition) is 1. The van der Waals surface area contributed by atoms with Crippen molar-refractivity contribution in [2.45, 2.75) is 13.5 Å². The minimum Gasteiger partial charge on any atom is -0.490 e. The molecule has 3 aromatic rings. The number of non-ortho nitro benzene ring substituents is 1. The Morgan fingerprint density at radius 1 is 1.09 bits per heavy atom. The van der Waals surface area contributed by atoms with E-state index in [0.717, 1.165) is 5.56 Å². The van der Waals surface area contributed by atoms with Gasteiger partial charge in [0.25, 0.3) is 11.6 Å². The van der Waals surface area contributed by atoms with Crippen LogP contribution in [0.25, 0.3) is 0 Å². The second kappa shape index (κ2) is 11.1. The number of carbonyl (C=O) groups excluding carboxylic acids is 1. The van der Waals surface area contributed by atoms with Gasteiger partial charge in [0.15, 0.2) is 11.5 Å². The highest BCUT2D eigenvalue weighted by Gasteiger charge is 2.10. The average Bonchev–Trinajstić information content (AvgIpc) is 2.79. The van der Waals surface area contributed by atoms with Crippen molar-refractivity contribution in [3.8, 4) is 11.5 Å². The number of rotatable bonds is 9. The first kappa shape index (κ1) is 23.0. The number of benzene rings is 3. The van der Waals surface area contributed by atoms with E-state index < -0.39 is 4.92 Å². The van der Waals surface area contributed by atoms with Gasteiger partial charge in [-0.25, -0.2) is 5.43 Å². The summed E-state index contributed by atoms with van der Waals surface area (Å²) in [5.74, 6) is 0.719. The van der Waals surface area contributed by atoms with E-state index in [4.69, 9.17) is 9.47 Å². The number of halogens is 1. The van der Waals surface area contributed by atoms with Crippen molar-refractivity contribution in [1.82, 2.24) is 5.43 Å². The van der Waals surface area contributed by atoms with E-state index >= 15 is 0 Å². The zero-order chi connectivity index (χ0) is 22.9. The van der Waals surface area contributed by atoms with E-state index in [9.17, 15) is 14.9 Å². The lowest BCUT2D eigenvalue weighted by molar-refractivity contribution is -0.384. The first-order valence-corrected chi connectivity index (χ1v) is 10.5. The highest BCUT2D eigenvalue weighted by Crippen LogP contribution is 2.29. The van der Waals surface area contributed by atoms with Crippen LogP contribution in [0, 0.1) is 10.1 Å². The molecular formula is C23H20BrN3O5. The van der Waals surface area contributed by atoms with Crippen LogP contribution in [0.2, 0.25) is 0 Å². The van der Waals surface area contributed by atoms with Crippen molar-refractivity contribution in [3.05, 3.63) is 98.0 Å². The normalized spacial score (nSPS) is 10.7.